The van der Waals surface area contributed by atoms with Crippen LogP contribution in [0.1, 0.15) is 316 Å². The van der Waals surface area contributed by atoms with Gasteiger partial charge in [-0.15, -0.1) is 0 Å². The SMILES string of the molecule is CCCCCC/C=C\C/C=C\CCCCCCCC(=O)OC(COC(=O)CCCCCCCCCCCCCC)COC(=O)CCCCCCCCCCCCC/C=C\C/C=C\CCCCCCC. The molecule has 0 bridgehead atoms. The molecule has 0 aromatic carbocycles. The normalized spacial score (nSPS) is 12.3. The fraction of sp³-hybridized carbons (Fsp3) is 0.825. The van der Waals surface area contributed by atoms with Crippen molar-refractivity contribution in [2.75, 3.05) is 13.2 Å². The molecule has 0 aromatic heterocycles. The van der Waals surface area contributed by atoms with Crippen LogP contribution in [0.15, 0.2) is 48.6 Å². The number of carbonyl (C=O) groups excluding carboxylic acids is 3. The largest absolute Gasteiger partial charge is 0.462 e. The van der Waals surface area contributed by atoms with Crippen LogP contribution in [-0.4, -0.2) is 37.2 Å². The Morgan fingerprint density at radius 1 is 0.290 bits per heavy atom. The Morgan fingerprint density at radius 2 is 0.522 bits per heavy atom. The van der Waals surface area contributed by atoms with Crippen molar-refractivity contribution < 1.29 is 28.6 Å². The Balaban J connectivity index is 4.29. The monoisotopic (exact) mass is 967 g/mol. The third-order valence-corrected chi connectivity index (χ3v) is 13.3. The van der Waals surface area contributed by atoms with Crippen molar-refractivity contribution in [3.05, 3.63) is 48.6 Å². The molecular weight excluding hydrogens is 853 g/mol. The number of hydrogen-bond donors (Lipinski definition) is 0. The molecule has 69 heavy (non-hydrogen) atoms. The van der Waals surface area contributed by atoms with Gasteiger partial charge in [0, 0.05) is 19.3 Å². The molecular formula is C63H114O6. The molecule has 0 aliphatic carbocycles. The minimum Gasteiger partial charge on any atom is -0.462 e. The lowest BCUT2D eigenvalue weighted by atomic mass is 10.0. The first-order chi connectivity index (χ1) is 34.0. The van der Waals surface area contributed by atoms with E-state index in [2.05, 4.69) is 69.4 Å². The number of hydrogen-bond acceptors (Lipinski definition) is 6. The van der Waals surface area contributed by atoms with E-state index in [1.165, 1.54) is 186 Å². The fourth-order valence-electron chi connectivity index (χ4n) is 8.74. The van der Waals surface area contributed by atoms with Crippen molar-refractivity contribution in [2.45, 2.75) is 322 Å². The van der Waals surface area contributed by atoms with Gasteiger partial charge >= 0.3 is 17.9 Å². The van der Waals surface area contributed by atoms with E-state index in [9.17, 15) is 14.4 Å². The van der Waals surface area contributed by atoms with Gasteiger partial charge in [0.05, 0.1) is 0 Å². The summed E-state index contributed by atoms with van der Waals surface area (Å²) in [6.07, 6.45) is 71.0. The number of ether oxygens (including phenoxy) is 3. The van der Waals surface area contributed by atoms with Crippen LogP contribution in [-0.2, 0) is 28.6 Å². The second-order valence-corrected chi connectivity index (χ2v) is 20.3. The van der Waals surface area contributed by atoms with Crippen molar-refractivity contribution in [1.82, 2.24) is 0 Å². The molecule has 1 atom stereocenters. The molecule has 0 aromatic rings. The lowest BCUT2D eigenvalue weighted by Crippen LogP contribution is -2.30. The quantitative estimate of drug-likeness (QED) is 0.0262. The minimum atomic E-state index is -0.779. The van der Waals surface area contributed by atoms with Crippen LogP contribution in [0.5, 0.6) is 0 Å². The van der Waals surface area contributed by atoms with Crippen LogP contribution < -0.4 is 0 Å². The average molecular weight is 968 g/mol. The van der Waals surface area contributed by atoms with Gasteiger partial charge in [-0.05, 0) is 83.5 Å². The first-order valence-corrected chi connectivity index (χ1v) is 30.1. The van der Waals surface area contributed by atoms with Gasteiger partial charge in [0.2, 0.25) is 0 Å². The lowest BCUT2D eigenvalue weighted by Gasteiger charge is -2.18. The van der Waals surface area contributed by atoms with Crippen molar-refractivity contribution in [1.29, 1.82) is 0 Å². The Bertz CT molecular complexity index is 1200. The maximum absolute atomic E-state index is 12.9. The van der Waals surface area contributed by atoms with Gasteiger partial charge in [-0.2, -0.15) is 0 Å². The third kappa shape index (κ3) is 56.2. The highest BCUT2D eigenvalue weighted by molar-refractivity contribution is 5.71. The molecule has 1 unspecified atom stereocenters. The van der Waals surface area contributed by atoms with Gasteiger partial charge in [0.15, 0.2) is 6.10 Å². The first-order valence-electron chi connectivity index (χ1n) is 30.1. The van der Waals surface area contributed by atoms with E-state index < -0.39 is 6.10 Å². The number of unbranched alkanes of at least 4 members (excludes halogenated alkanes) is 36. The molecule has 0 aliphatic heterocycles. The summed E-state index contributed by atoms with van der Waals surface area (Å²) in [4.78, 5) is 38.2. The number of rotatable bonds is 55. The molecule has 0 spiro atoms. The smallest absolute Gasteiger partial charge is 0.306 e. The highest BCUT2D eigenvalue weighted by atomic mass is 16.6. The molecule has 0 rings (SSSR count). The van der Waals surface area contributed by atoms with Gasteiger partial charge in [-0.3, -0.25) is 14.4 Å². The van der Waals surface area contributed by atoms with Crippen LogP contribution in [0, 0.1) is 0 Å². The maximum Gasteiger partial charge on any atom is 0.306 e. The van der Waals surface area contributed by atoms with E-state index in [-0.39, 0.29) is 31.1 Å². The molecule has 0 radical (unpaired) electrons. The minimum absolute atomic E-state index is 0.0762. The van der Waals surface area contributed by atoms with Crippen molar-refractivity contribution in [2.24, 2.45) is 0 Å². The summed E-state index contributed by atoms with van der Waals surface area (Å²) in [5.74, 6) is -0.877. The Labute approximate surface area is 428 Å². The zero-order chi connectivity index (χ0) is 50.0. The van der Waals surface area contributed by atoms with Crippen molar-refractivity contribution in [3.63, 3.8) is 0 Å². The van der Waals surface area contributed by atoms with Crippen molar-refractivity contribution in [3.8, 4) is 0 Å². The molecule has 0 fully saturated rings. The topological polar surface area (TPSA) is 78.9 Å². The number of allylic oxidation sites excluding steroid dienone is 8. The first kappa shape index (κ1) is 66.4. The van der Waals surface area contributed by atoms with Gasteiger partial charge < -0.3 is 14.2 Å². The van der Waals surface area contributed by atoms with Gasteiger partial charge in [0.1, 0.15) is 13.2 Å². The van der Waals surface area contributed by atoms with Crippen LogP contribution >= 0.6 is 0 Å². The van der Waals surface area contributed by atoms with E-state index in [0.29, 0.717) is 19.3 Å². The summed E-state index contributed by atoms with van der Waals surface area (Å²) >= 11 is 0. The second kappa shape index (κ2) is 57.9. The highest BCUT2D eigenvalue weighted by Crippen LogP contribution is 2.16. The van der Waals surface area contributed by atoms with Crippen LogP contribution in [0.25, 0.3) is 0 Å². The summed E-state index contributed by atoms with van der Waals surface area (Å²) in [7, 11) is 0. The van der Waals surface area contributed by atoms with Crippen LogP contribution in [0.4, 0.5) is 0 Å². The summed E-state index contributed by atoms with van der Waals surface area (Å²) < 4.78 is 16.9. The highest BCUT2D eigenvalue weighted by Gasteiger charge is 2.19. The van der Waals surface area contributed by atoms with E-state index in [1.807, 2.05) is 0 Å². The zero-order valence-electron chi connectivity index (χ0n) is 46.1. The Kier molecular flexibility index (Phi) is 55.7. The average Bonchev–Trinajstić information content (AvgIpc) is 3.35. The van der Waals surface area contributed by atoms with E-state index in [1.54, 1.807) is 0 Å². The summed E-state index contributed by atoms with van der Waals surface area (Å²) in [5.41, 5.74) is 0. The molecule has 6 nitrogen and oxygen atoms in total. The predicted octanol–water partition coefficient (Wildman–Crippen LogP) is 20.2. The number of carbonyl (C=O) groups is 3. The van der Waals surface area contributed by atoms with Gasteiger partial charge in [-0.1, -0.05) is 262 Å². The molecule has 0 saturated carbocycles. The van der Waals surface area contributed by atoms with E-state index in [0.717, 1.165) is 89.9 Å². The summed E-state index contributed by atoms with van der Waals surface area (Å²) in [6.45, 7) is 6.63. The maximum atomic E-state index is 12.9. The Morgan fingerprint density at radius 3 is 0.812 bits per heavy atom. The molecule has 0 aliphatic rings. The van der Waals surface area contributed by atoms with E-state index >= 15 is 0 Å². The third-order valence-electron chi connectivity index (χ3n) is 13.3. The summed E-state index contributed by atoms with van der Waals surface area (Å²) in [6, 6.07) is 0. The molecule has 0 N–H and O–H groups in total. The molecule has 0 amide bonds. The molecule has 402 valence electrons. The van der Waals surface area contributed by atoms with Crippen molar-refractivity contribution >= 4 is 17.9 Å². The van der Waals surface area contributed by atoms with Crippen LogP contribution in [0.3, 0.4) is 0 Å². The molecule has 0 heterocycles. The second-order valence-electron chi connectivity index (χ2n) is 20.3. The molecule has 6 heteroatoms. The zero-order valence-corrected chi connectivity index (χ0v) is 46.1. The summed E-state index contributed by atoms with van der Waals surface area (Å²) in [5, 5.41) is 0. The lowest BCUT2D eigenvalue weighted by molar-refractivity contribution is -0.167. The Hall–Kier alpha value is -2.63. The fourth-order valence-corrected chi connectivity index (χ4v) is 8.74. The number of esters is 3. The van der Waals surface area contributed by atoms with Gasteiger partial charge in [-0.25, -0.2) is 0 Å². The predicted molar refractivity (Wildman–Crippen MR) is 298 cm³/mol. The van der Waals surface area contributed by atoms with Crippen LogP contribution in [0.2, 0.25) is 0 Å². The standard InChI is InChI=1S/C63H114O6/c1-4-7-10-13-16-19-22-25-27-29-30-31-32-33-34-35-37-38-41-44-47-50-53-56-62(65)68-59-60(58-67-61(64)55-52-49-46-43-40-24-21-18-15-12-9-6-3)69-63(66)57-54-51-48-45-42-39-36-28-26-23-20-17-14-11-8-5-2/h20,22-23,25,28-30,36,60H,4-19,21,24,26-27,31-35,37-59H2,1-3H3/b23-20-,25-22-,30-29-,36-28-. The van der Waals surface area contributed by atoms with Gasteiger partial charge in [0.25, 0.3) is 0 Å². The van der Waals surface area contributed by atoms with E-state index in [4.69, 9.17) is 14.2 Å². The molecule has 0 saturated heterocycles.